The summed E-state index contributed by atoms with van der Waals surface area (Å²) in [6.07, 6.45) is 1.65. The van der Waals surface area contributed by atoms with E-state index in [1.807, 2.05) is 54.8 Å². The zero-order chi connectivity index (χ0) is 17.2. The number of benzene rings is 1. The van der Waals surface area contributed by atoms with E-state index in [4.69, 9.17) is 4.42 Å². The van der Waals surface area contributed by atoms with Crippen molar-refractivity contribution >= 4 is 21.6 Å². The average molecular weight is 351 g/mol. The quantitative estimate of drug-likeness (QED) is 0.568. The second-order valence-electron chi connectivity index (χ2n) is 5.83. The number of aromatic amines is 1. The van der Waals surface area contributed by atoms with Gasteiger partial charge in [0.15, 0.2) is 0 Å². The van der Waals surface area contributed by atoms with Gasteiger partial charge in [-0.05, 0) is 24.6 Å². The Bertz CT molecular complexity index is 1040. The molecule has 0 unspecified atom stereocenters. The van der Waals surface area contributed by atoms with Gasteiger partial charge >= 0.3 is 0 Å². The van der Waals surface area contributed by atoms with E-state index in [1.54, 1.807) is 6.26 Å². The van der Waals surface area contributed by atoms with Crippen LogP contribution in [0.2, 0.25) is 0 Å². The van der Waals surface area contributed by atoms with Crippen molar-refractivity contribution in [2.45, 2.75) is 19.5 Å². The van der Waals surface area contributed by atoms with Crippen LogP contribution in [0.3, 0.4) is 0 Å². The highest BCUT2D eigenvalue weighted by atomic mass is 32.1. The zero-order valence-corrected chi connectivity index (χ0v) is 14.5. The Balaban J connectivity index is 1.62. The van der Waals surface area contributed by atoms with E-state index >= 15 is 0 Å². The molecule has 126 valence electrons. The highest BCUT2D eigenvalue weighted by Crippen LogP contribution is 2.30. The minimum Gasteiger partial charge on any atom is -0.468 e. The van der Waals surface area contributed by atoms with E-state index in [0.717, 1.165) is 21.7 Å². The Morgan fingerprint density at radius 2 is 2.08 bits per heavy atom. The van der Waals surface area contributed by atoms with Crippen molar-refractivity contribution in [3.63, 3.8) is 0 Å². The number of thiophene rings is 1. The molecular weight excluding hydrogens is 334 g/mol. The van der Waals surface area contributed by atoms with Gasteiger partial charge in [-0.1, -0.05) is 30.3 Å². The first-order valence-corrected chi connectivity index (χ1v) is 8.93. The maximum absolute atomic E-state index is 12.6. The lowest BCUT2D eigenvalue weighted by Gasteiger charge is -2.10. The minimum atomic E-state index is -0.104. The Morgan fingerprint density at radius 3 is 2.84 bits per heavy atom. The van der Waals surface area contributed by atoms with E-state index in [1.165, 1.54) is 11.3 Å². The summed E-state index contributed by atoms with van der Waals surface area (Å²) >= 11 is 1.49. The van der Waals surface area contributed by atoms with Gasteiger partial charge in [-0.2, -0.15) is 0 Å². The molecule has 1 atom stereocenters. The maximum Gasteiger partial charge on any atom is 0.260 e. The van der Waals surface area contributed by atoms with Crippen LogP contribution >= 0.6 is 11.3 Å². The van der Waals surface area contributed by atoms with Gasteiger partial charge < -0.3 is 14.7 Å². The third-order valence-corrected chi connectivity index (χ3v) is 5.00. The summed E-state index contributed by atoms with van der Waals surface area (Å²) in [7, 11) is 0. The summed E-state index contributed by atoms with van der Waals surface area (Å²) in [5.41, 5.74) is 1.85. The molecule has 0 spiro atoms. The molecular formula is C19H17N3O2S. The number of aromatic nitrogens is 2. The van der Waals surface area contributed by atoms with E-state index in [9.17, 15) is 4.79 Å². The SMILES string of the molecule is C[C@H](NCc1nc2scc(-c3ccccc3)c2c(=O)[nH]1)c1ccco1. The van der Waals surface area contributed by atoms with Crippen molar-refractivity contribution in [1.29, 1.82) is 0 Å². The smallest absolute Gasteiger partial charge is 0.260 e. The molecule has 6 heteroatoms. The maximum atomic E-state index is 12.6. The summed E-state index contributed by atoms with van der Waals surface area (Å²) in [6.45, 7) is 2.47. The number of hydrogen-bond donors (Lipinski definition) is 2. The second-order valence-corrected chi connectivity index (χ2v) is 6.68. The van der Waals surface area contributed by atoms with Crippen LogP contribution in [0.4, 0.5) is 0 Å². The van der Waals surface area contributed by atoms with Crippen LogP contribution in [0.25, 0.3) is 21.3 Å². The van der Waals surface area contributed by atoms with Gasteiger partial charge in [0.1, 0.15) is 16.4 Å². The molecule has 4 rings (SSSR count). The molecule has 0 aliphatic carbocycles. The Hall–Kier alpha value is -2.70. The molecule has 0 saturated heterocycles. The first kappa shape index (κ1) is 15.8. The molecule has 3 heterocycles. The lowest BCUT2D eigenvalue weighted by atomic mass is 10.1. The summed E-state index contributed by atoms with van der Waals surface area (Å²) in [5.74, 6) is 1.48. The van der Waals surface area contributed by atoms with Crippen LogP contribution < -0.4 is 10.9 Å². The average Bonchev–Trinajstić information content (AvgIpc) is 3.30. The van der Waals surface area contributed by atoms with Crippen molar-refractivity contribution in [3.8, 4) is 11.1 Å². The number of nitrogens with one attached hydrogen (secondary N) is 2. The Morgan fingerprint density at radius 1 is 1.24 bits per heavy atom. The van der Waals surface area contributed by atoms with Gasteiger partial charge in [-0.3, -0.25) is 4.79 Å². The molecule has 0 bridgehead atoms. The lowest BCUT2D eigenvalue weighted by molar-refractivity contribution is 0.427. The molecule has 0 saturated carbocycles. The monoisotopic (exact) mass is 351 g/mol. The van der Waals surface area contributed by atoms with E-state index in [0.29, 0.717) is 17.8 Å². The van der Waals surface area contributed by atoms with Crippen molar-refractivity contribution < 1.29 is 4.42 Å². The third-order valence-electron chi connectivity index (χ3n) is 4.12. The van der Waals surface area contributed by atoms with Gasteiger partial charge in [-0.15, -0.1) is 11.3 Å². The molecule has 25 heavy (non-hydrogen) atoms. The molecule has 0 aliphatic heterocycles. The van der Waals surface area contributed by atoms with Crippen LogP contribution in [-0.4, -0.2) is 9.97 Å². The van der Waals surface area contributed by atoms with Crippen LogP contribution in [-0.2, 0) is 6.54 Å². The largest absolute Gasteiger partial charge is 0.468 e. The van der Waals surface area contributed by atoms with E-state index in [-0.39, 0.29) is 11.6 Å². The normalized spacial score (nSPS) is 12.5. The topological polar surface area (TPSA) is 70.9 Å². The number of nitrogens with zero attached hydrogens (tertiary/aromatic N) is 1. The molecule has 0 fully saturated rings. The molecule has 5 nitrogen and oxygen atoms in total. The first-order chi connectivity index (χ1) is 12.2. The van der Waals surface area contributed by atoms with Crippen LogP contribution in [0.5, 0.6) is 0 Å². The number of H-pyrrole nitrogens is 1. The van der Waals surface area contributed by atoms with Crippen LogP contribution in [0.15, 0.2) is 63.3 Å². The third kappa shape index (κ3) is 3.14. The highest BCUT2D eigenvalue weighted by molar-refractivity contribution is 7.17. The fourth-order valence-corrected chi connectivity index (χ4v) is 3.76. The number of hydrogen-bond acceptors (Lipinski definition) is 5. The molecule has 4 aromatic rings. The molecule has 0 aliphatic rings. The van der Waals surface area contributed by atoms with Gasteiger partial charge in [-0.25, -0.2) is 4.98 Å². The summed E-state index contributed by atoms with van der Waals surface area (Å²) in [4.78, 5) is 20.8. The van der Waals surface area contributed by atoms with Crippen molar-refractivity contribution in [3.05, 3.63) is 76.0 Å². The van der Waals surface area contributed by atoms with Crippen molar-refractivity contribution in [1.82, 2.24) is 15.3 Å². The van der Waals surface area contributed by atoms with Gasteiger partial charge in [0.25, 0.3) is 5.56 Å². The predicted molar refractivity (Wildman–Crippen MR) is 99.6 cm³/mol. The van der Waals surface area contributed by atoms with E-state index in [2.05, 4.69) is 15.3 Å². The summed E-state index contributed by atoms with van der Waals surface area (Å²) in [6, 6.07) is 13.7. The highest BCUT2D eigenvalue weighted by Gasteiger charge is 2.14. The fraction of sp³-hybridized carbons (Fsp3) is 0.158. The van der Waals surface area contributed by atoms with Gasteiger partial charge in [0.2, 0.25) is 0 Å². The van der Waals surface area contributed by atoms with Gasteiger partial charge in [0, 0.05) is 10.9 Å². The first-order valence-electron chi connectivity index (χ1n) is 8.05. The summed E-state index contributed by atoms with van der Waals surface area (Å²) < 4.78 is 5.38. The van der Waals surface area contributed by atoms with Crippen molar-refractivity contribution in [2.75, 3.05) is 0 Å². The molecule has 1 aromatic carbocycles. The Labute approximate surface area is 148 Å². The fourth-order valence-electron chi connectivity index (χ4n) is 2.80. The second kappa shape index (κ2) is 6.66. The Kier molecular flexibility index (Phi) is 4.21. The molecule has 0 amide bonds. The van der Waals surface area contributed by atoms with Gasteiger partial charge in [0.05, 0.1) is 24.2 Å². The number of furan rings is 1. The molecule has 2 N–H and O–H groups in total. The zero-order valence-electron chi connectivity index (χ0n) is 13.7. The van der Waals surface area contributed by atoms with Crippen LogP contribution in [0, 0.1) is 0 Å². The molecule has 3 aromatic heterocycles. The van der Waals surface area contributed by atoms with Crippen LogP contribution in [0.1, 0.15) is 24.6 Å². The standard InChI is InChI=1S/C19H17N3O2S/c1-12(15-8-5-9-24-15)20-10-16-21-18(23)17-14(11-25-19(17)22-16)13-6-3-2-4-7-13/h2-9,11-12,20H,10H2,1H3,(H,21,22,23)/t12-/m0/s1. The minimum absolute atomic E-state index is 0.0409. The van der Waals surface area contributed by atoms with E-state index < -0.39 is 0 Å². The molecule has 0 radical (unpaired) electrons. The predicted octanol–water partition coefficient (Wildman–Crippen LogP) is 4.10. The summed E-state index contributed by atoms with van der Waals surface area (Å²) in [5, 5.41) is 5.95. The van der Waals surface area contributed by atoms with Crippen molar-refractivity contribution in [2.24, 2.45) is 0 Å². The number of fused-ring (bicyclic) bond motifs is 1. The number of rotatable bonds is 5. The lowest BCUT2D eigenvalue weighted by Crippen LogP contribution is -2.21.